The lowest BCUT2D eigenvalue weighted by molar-refractivity contribution is 0.231. The maximum Gasteiger partial charge on any atom is 0.165 e. The Morgan fingerprint density at radius 3 is 2.43 bits per heavy atom. The molecule has 0 radical (unpaired) electrons. The van der Waals surface area contributed by atoms with Crippen LogP contribution in [-0.4, -0.2) is 11.1 Å². The fraction of sp³-hybridized carbons (Fsp3) is 0.312. The van der Waals surface area contributed by atoms with E-state index in [1.165, 1.54) is 18.3 Å². The minimum absolute atomic E-state index is 0.0809. The average Bonchev–Trinajstić information content (AvgIpc) is 2.43. The summed E-state index contributed by atoms with van der Waals surface area (Å²) >= 11 is 5.73. The summed E-state index contributed by atoms with van der Waals surface area (Å²) in [6.07, 6.45) is 1.44. The Hall–Kier alpha value is -1.81. The zero-order chi connectivity index (χ0) is 16.0. The number of pyridine rings is 1. The highest BCUT2D eigenvalue weighted by atomic mass is 35.5. The third-order valence-corrected chi connectivity index (χ3v) is 2.71. The van der Waals surface area contributed by atoms with Crippen LogP contribution in [0.5, 0.6) is 5.75 Å². The summed E-state index contributed by atoms with van der Waals surface area (Å²) < 4.78 is 19.2. The first kappa shape index (κ1) is 17.2. The van der Waals surface area contributed by atoms with Gasteiger partial charge >= 0.3 is 0 Å². The molecule has 114 valence electrons. The van der Waals surface area contributed by atoms with Crippen LogP contribution in [0.2, 0.25) is 5.15 Å². The Labute approximate surface area is 129 Å². The molecule has 0 unspecified atom stereocenters. The van der Waals surface area contributed by atoms with E-state index in [9.17, 15) is 4.39 Å². The fourth-order valence-corrected chi connectivity index (χ4v) is 1.87. The number of nitrogen functional groups attached to an aromatic ring is 1. The molecule has 5 heteroatoms. The van der Waals surface area contributed by atoms with Crippen molar-refractivity contribution in [3.8, 4) is 16.9 Å². The highest BCUT2D eigenvalue weighted by Gasteiger charge is 2.10. The first-order chi connectivity index (χ1) is 9.97. The predicted molar refractivity (Wildman–Crippen MR) is 86.2 cm³/mol. The van der Waals surface area contributed by atoms with Crippen molar-refractivity contribution >= 4 is 17.3 Å². The van der Waals surface area contributed by atoms with E-state index in [-0.39, 0.29) is 11.9 Å². The molecule has 2 rings (SSSR count). The standard InChI is InChI=1S/C14H14ClFN2O.C2H6/c1-8(2)19-13-4-3-9(5-11(13)16)10-7-18-14(15)6-12(10)17;1-2/h3-8H,1-2H3,(H2,17,18);1-2H3. The SMILES string of the molecule is CC.CC(C)Oc1ccc(-c2cnc(Cl)cc2N)cc1F. The van der Waals surface area contributed by atoms with Gasteiger partial charge in [-0.25, -0.2) is 9.37 Å². The molecule has 0 saturated heterocycles. The topological polar surface area (TPSA) is 48.1 Å². The molecule has 1 aromatic heterocycles. The van der Waals surface area contributed by atoms with Gasteiger partial charge in [-0.2, -0.15) is 0 Å². The molecule has 0 spiro atoms. The zero-order valence-electron chi connectivity index (χ0n) is 12.7. The number of rotatable bonds is 3. The van der Waals surface area contributed by atoms with Gasteiger partial charge in [-0.15, -0.1) is 0 Å². The molecule has 0 saturated carbocycles. The molecule has 1 aromatic carbocycles. The van der Waals surface area contributed by atoms with E-state index in [4.69, 9.17) is 22.1 Å². The van der Waals surface area contributed by atoms with Crippen LogP contribution < -0.4 is 10.5 Å². The minimum Gasteiger partial charge on any atom is -0.488 e. The second-order valence-corrected chi connectivity index (χ2v) is 4.79. The van der Waals surface area contributed by atoms with Gasteiger partial charge in [0, 0.05) is 17.4 Å². The molecule has 0 amide bonds. The summed E-state index contributed by atoms with van der Waals surface area (Å²) in [4.78, 5) is 3.95. The van der Waals surface area contributed by atoms with E-state index in [1.54, 1.807) is 12.1 Å². The van der Waals surface area contributed by atoms with Crippen molar-refractivity contribution in [3.63, 3.8) is 0 Å². The summed E-state index contributed by atoms with van der Waals surface area (Å²) in [6, 6.07) is 6.23. The van der Waals surface area contributed by atoms with Crippen molar-refractivity contribution < 1.29 is 9.13 Å². The maximum atomic E-state index is 13.9. The smallest absolute Gasteiger partial charge is 0.165 e. The summed E-state index contributed by atoms with van der Waals surface area (Å²) in [6.45, 7) is 7.68. The van der Waals surface area contributed by atoms with Crippen LogP contribution in [0.3, 0.4) is 0 Å². The number of ether oxygens (including phenoxy) is 1. The third kappa shape index (κ3) is 4.60. The van der Waals surface area contributed by atoms with Crippen LogP contribution in [0, 0.1) is 5.82 Å². The Balaban J connectivity index is 0.00000106. The van der Waals surface area contributed by atoms with Gasteiger partial charge in [0.1, 0.15) is 5.15 Å². The monoisotopic (exact) mass is 310 g/mol. The number of halogens is 2. The van der Waals surface area contributed by atoms with Gasteiger partial charge in [0.15, 0.2) is 11.6 Å². The molecule has 2 aromatic rings. The van der Waals surface area contributed by atoms with Crippen molar-refractivity contribution in [3.05, 3.63) is 41.4 Å². The molecule has 21 heavy (non-hydrogen) atoms. The third-order valence-electron chi connectivity index (χ3n) is 2.51. The first-order valence-electron chi connectivity index (χ1n) is 6.85. The highest BCUT2D eigenvalue weighted by molar-refractivity contribution is 6.29. The number of hydrogen-bond acceptors (Lipinski definition) is 3. The van der Waals surface area contributed by atoms with E-state index in [0.717, 1.165) is 0 Å². The van der Waals surface area contributed by atoms with Gasteiger partial charge in [0.05, 0.1) is 6.10 Å². The van der Waals surface area contributed by atoms with Gasteiger partial charge in [-0.05, 0) is 37.6 Å². The quantitative estimate of drug-likeness (QED) is 0.817. The molecular formula is C16H20ClFN2O. The number of benzene rings is 1. The Bertz CT molecular complexity index is 603. The number of hydrogen-bond donors (Lipinski definition) is 1. The first-order valence-corrected chi connectivity index (χ1v) is 7.22. The summed E-state index contributed by atoms with van der Waals surface area (Å²) in [7, 11) is 0. The maximum absolute atomic E-state index is 13.9. The molecule has 0 bridgehead atoms. The van der Waals surface area contributed by atoms with Crippen molar-refractivity contribution in [1.82, 2.24) is 4.98 Å². The van der Waals surface area contributed by atoms with Crippen LogP contribution in [0.25, 0.3) is 11.1 Å². The van der Waals surface area contributed by atoms with Gasteiger partial charge in [-0.3, -0.25) is 0 Å². The molecule has 0 fully saturated rings. The van der Waals surface area contributed by atoms with Crippen molar-refractivity contribution in [2.75, 3.05) is 5.73 Å². The molecule has 2 N–H and O–H groups in total. The zero-order valence-corrected chi connectivity index (χ0v) is 13.4. The van der Waals surface area contributed by atoms with Gasteiger partial charge in [-0.1, -0.05) is 31.5 Å². The molecule has 3 nitrogen and oxygen atoms in total. The van der Waals surface area contributed by atoms with Crippen molar-refractivity contribution in [1.29, 1.82) is 0 Å². The molecule has 0 aliphatic heterocycles. The predicted octanol–water partition coefficient (Wildman–Crippen LogP) is 4.94. The van der Waals surface area contributed by atoms with Crippen LogP contribution in [-0.2, 0) is 0 Å². The number of anilines is 1. The van der Waals surface area contributed by atoms with E-state index in [2.05, 4.69) is 4.98 Å². The van der Waals surface area contributed by atoms with Gasteiger partial charge < -0.3 is 10.5 Å². The van der Waals surface area contributed by atoms with E-state index >= 15 is 0 Å². The normalized spacial score (nSPS) is 10.0. The number of nitrogens with zero attached hydrogens (tertiary/aromatic N) is 1. The second kappa shape index (κ2) is 7.84. The molecule has 0 atom stereocenters. The van der Waals surface area contributed by atoms with Gasteiger partial charge in [0.25, 0.3) is 0 Å². The lowest BCUT2D eigenvalue weighted by Crippen LogP contribution is -2.06. The van der Waals surface area contributed by atoms with E-state index in [1.807, 2.05) is 27.7 Å². The Morgan fingerprint density at radius 2 is 1.90 bits per heavy atom. The lowest BCUT2D eigenvalue weighted by atomic mass is 10.1. The Morgan fingerprint density at radius 1 is 1.24 bits per heavy atom. The van der Waals surface area contributed by atoms with Crippen LogP contribution >= 0.6 is 11.6 Å². The van der Waals surface area contributed by atoms with Gasteiger partial charge in [0.2, 0.25) is 0 Å². The van der Waals surface area contributed by atoms with Crippen molar-refractivity contribution in [2.24, 2.45) is 0 Å². The molecule has 0 aliphatic carbocycles. The highest BCUT2D eigenvalue weighted by Crippen LogP contribution is 2.30. The average molecular weight is 311 g/mol. The summed E-state index contributed by atoms with van der Waals surface area (Å²) in [5.74, 6) is -0.209. The number of aromatic nitrogens is 1. The summed E-state index contributed by atoms with van der Waals surface area (Å²) in [5.41, 5.74) is 7.57. The second-order valence-electron chi connectivity index (χ2n) is 4.41. The van der Waals surface area contributed by atoms with Crippen LogP contribution in [0.15, 0.2) is 30.5 Å². The lowest BCUT2D eigenvalue weighted by Gasteiger charge is -2.12. The van der Waals surface area contributed by atoms with Crippen molar-refractivity contribution in [2.45, 2.75) is 33.8 Å². The fourth-order valence-electron chi connectivity index (χ4n) is 1.70. The van der Waals surface area contributed by atoms with Crippen LogP contribution in [0.4, 0.5) is 10.1 Å². The van der Waals surface area contributed by atoms with Crippen LogP contribution in [0.1, 0.15) is 27.7 Å². The molecule has 1 heterocycles. The van der Waals surface area contributed by atoms with E-state index in [0.29, 0.717) is 22.0 Å². The summed E-state index contributed by atoms with van der Waals surface area (Å²) in [5, 5.41) is 0.307. The Kier molecular flexibility index (Phi) is 6.43. The molecule has 0 aliphatic rings. The minimum atomic E-state index is -0.430. The van der Waals surface area contributed by atoms with E-state index < -0.39 is 5.82 Å². The number of nitrogens with two attached hydrogens (primary N) is 1. The largest absolute Gasteiger partial charge is 0.488 e. The molecular weight excluding hydrogens is 291 g/mol.